The quantitative estimate of drug-likeness (QED) is 0.804. The van der Waals surface area contributed by atoms with E-state index in [1.807, 2.05) is 18.4 Å². The Bertz CT molecular complexity index is 763. The minimum Gasteiger partial charge on any atom is -0.454 e. The first-order valence-corrected chi connectivity index (χ1v) is 7.44. The van der Waals surface area contributed by atoms with E-state index in [0.29, 0.717) is 27.0 Å². The van der Waals surface area contributed by atoms with Crippen molar-refractivity contribution in [3.05, 3.63) is 44.6 Å². The summed E-state index contributed by atoms with van der Waals surface area (Å²) >= 11 is 7.38. The molecule has 1 atom stereocenters. The van der Waals surface area contributed by atoms with E-state index in [9.17, 15) is 10.1 Å². The normalized spacial score (nSPS) is 13.8. The third-order valence-corrected chi connectivity index (χ3v) is 4.96. The molecule has 0 aliphatic carbocycles. The molecule has 2 aromatic rings. The number of Topliss-reactive ketones (excluding diaryl/α,β-unsaturated/α-hetero) is 1. The molecule has 6 heteroatoms. The van der Waals surface area contributed by atoms with Crippen LogP contribution in [0.3, 0.4) is 0 Å². The standard InChI is InChI=1S/C15H10ClNO3S/c1-8-6-21-15(13(8)16)14(18)10(5-17)9-2-3-11-12(4-9)20-7-19-11/h2-4,6,10H,7H2,1H3. The number of carbonyl (C=O) groups is 1. The molecule has 3 rings (SSSR count). The summed E-state index contributed by atoms with van der Waals surface area (Å²) in [4.78, 5) is 13.0. The Morgan fingerprint density at radius 3 is 2.86 bits per heavy atom. The molecule has 0 saturated heterocycles. The van der Waals surface area contributed by atoms with Crippen LogP contribution in [0.5, 0.6) is 11.5 Å². The summed E-state index contributed by atoms with van der Waals surface area (Å²) in [6, 6.07) is 7.12. The molecule has 1 aliphatic rings. The molecule has 1 aliphatic heterocycles. The largest absolute Gasteiger partial charge is 0.454 e. The van der Waals surface area contributed by atoms with Gasteiger partial charge in [0.05, 0.1) is 16.0 Å². The lowest BCUT2D eigenvalue weighted by Gasteiger charge is -2.08. The van der Waals surface area contributed by atoms with Crippen molar-refractivity contribution in [1.29, 1.82) is 5.26 Å². The number of carbonyl (C=O) groups excluding carboxylic acids is 1. The van der Waals surface area contributed by atoms with Crippen molar-refractivity contribution in [1.82, 2.24) is 0 Å². The highest BCUT2D eigenvalue weighted by molar-refractivity contribution is 7.13. The van der Waals surface area contributed by atoms with Gasteiger partial charge in [-0.3, -0.25) is 4.79 Å². The fourth-order valence-corrected chi connectivity index (χ4v) is 3.36. The minimum absolute atomic E-state index is 0.153. The van der Waals surface area contributed by atoms with Crippen molar-refractivity contribution in [3.63, 3.8) is 0 Å². The van der Waals surface area contributed by atoms with Gasteiger partial charge in [0.2, 0.25) is 6.79 Å². The maximum Gasteiger partial charge on any atom is 0.231 e. The molecule has 0 bridgehead atoms. The van der Waals surface area contributed by atoms with Gasteiger partial charge in [0.1, 0.15) is 5.92 Å². The maximum absolute atomic E-state index is 12.5. The number of hydrogen-bond donors (Lipinski definition) is 0. The highest BCUT2D eigenvalue weighted by Gasteiger charge is 2.27. The predicted molar refractivity (Wildman–Crippen MR) is 79.3 cm³/mol. The zero-order valence-electron chi connectivity index (χ0n) is 11.1. The van der Waals surface area contributed by atoms with Gasteiger partial charge in [-0.1, -0.05) is 17.7 Å². The molecule has 21 heavy (non-hydrogen) atoms. The third-order valence-electron chi connectivity index (χ3n) is 3.24. The molecule has 0 spiro atoms. The number of ether oxygens (including phenoxy) is 2. The second kappa shape index (κ2) is 5.40. The lowest BCUT2D eigenvalue weighted by atomic mass is 9.94. The van der Waals surface area contributed by atoms with E-state index in [2.05, 4.69) is 0 Å². The fraction of sp³-hybridized carbons (Fsp3) is 0.200. The van der Waals surface area contributed by atoms with Crippen molar-refractivity contribution in [2.45, 2.75) is 12.8 Å². The van der Waals surface area contributed by atoms with Gasteiger partial charge in [-0.2, -0.15) is 5.26 Å². The average Bonchev–Trinajstić information content (AvgIpc) is 3.07. The molecule has 1 unspecified atom stereocenters. The molecular weight excluding hydrogens is 310 g/mol. The second-order valence-electron chi connectivity index (χ2n) is 4.60. The Morgan fingerprint density at radius 1 is 1.43 bits per heavy atom. The number of halogens is 1. The van der Waals surface area contributed by atoms with E-state index in [0.717, 1.165) is 5.56 Å². The molecule has 4 nitrogen and oxygen atoms in total. The molecule has 1 aromatic heterocycles. The average molecular weight is 320 g/mol. The summed E-state index contributed by atoms with van der Waals surface area (Å²) in [6.45, 7) is 1.98. The van der Waals surface area contributed by atoms with E-state index >= 15 is 0 Å². The first-order valence-electron chi connectivity index (χ1n) is 6.18. The number of aryl methyl sites for hydroxylation is 1. The SMILES string of the molecule is Cc1csc(C(=O)C(C#N)c2ccc3c(c2)OCO3)c1Cl. The van der Waals surface area contributed by atoms with Crippen molar-refractivity contribution in [2.75, 3.05) is 6.79 Å². The molecule has 1 aromatic carbocycles. The number of nitrogens with zero attached hydrogens (tertiary/aromatic N) is 1. The van der Waals surface area contributed by atoms with E-state index in [4.69, 9.17) is 21.1 Å². The number of hydrogen-bond acceptors (Lipinski definition) is 5. The zero-order valence-corrected chi connectivity index (χ0v) is 12.6. The fourth-order valence-electron chi connectivity index (χ4n) is 2.10. The summed E-state index contributed by atoms with van der Waals surface area (Å²) in [6.07, 6.45) is 0. The lowest BCUT2D eigenvalue weighted by molar-refractivity contribution is 0.0983. The first-order chi connectivity index (χ1) is 10.1. The van der Waals surface area contributed by atoms with Crippen molar-refractivity contribution < 1.29 is 14.3 Å². The molecule has 0 saturated carbocycles. The van der Waals surface area contributed by atoms with E-state index in [1.54, 1.807) is 18.2 Å². The maximum atomic E-state index is 12.5. The van der Waals surface area contributed by atoms with Gasteiger partial charge in [-0.25, -0.2) is 0 Å². The minimum atomic E-state index is -0.907. The summed E-state index contributed by atoms with van der Waals surface area (Å²) in [5, 5.41) is 11.6. The van der Waals surface area contributed by atoms with Crippen molar-refractivity contribution in [3.8, 4) is 17.6 Å². The first kappa shape index (κ1) is 13.9. The zero-order chi connectivity index (χ0) is 15.0. The number of thiophene rings is 1. The number of benzene rings is 1. The molecule has 106 valence electrons. The molecule has 2 heterocycles. The van der Waals surface area contributed by atoms with Crippen LogP contribution in [0.1, 0.15) is 26.7 Å². The monoisotopic (exact) mass is 319 g/mol. The Balaban J connectivity index is 1.97. The van der Waals surface area contributed by atoms with Crippen molar-refractivity contribution >= 4 is 28.7 Å². The van der Waals surface area contributed by atoms with Gasteiger partial charge in [0.25, 0.3) is 0 Å². The van der Waals surface area contributed by atoms with Crippen LogP contribution in [0.2, 0.25) is 5.02 Å². The van der Waals surface area contributed by atoms with Gasteiger partial charge >= 0.3 is 0 Å². The topological polar surface area (TPSA) is 59.3 Å². The lowest BCUT2D eigenvalue weighted by Crippen LogP contribution is -2.10. The predicted octanol–water partition coefficient (Wildman–Crippen LogP) is 3.93. The van der Waals surface area contributed by atoms with Crippen LogP contribution in [-0.2, 0) is 0 Å². The van der Waals surface area contributed by atoms with Crippen LogP contribution in [0.25, 0.3) is 0 Å². The number of rotatable bonds is 3. The van der Waals surface area contributed by atoms with Crippen molar-refractivity contribution in [2.24, 2.45) is 0 Å². The molecule has 0 fully saturated rings. The second-order valence-corrected chi connectivity index (χ2v) is 5.86. The number of nitriles is 1. The molecule has 0 amide bonds. The van der Waals surface area contributed by atoms with Gasteiger partial charge in [-0.05, 0) is 35.6 Å². The highest BCUT2D eigenvalue weighted by atomic mass is 35.5. The molecule has 0 N–H and O–H groups in total. The number of fused-ring (bicyclic) bond motifs is 1. The molecular formula is C15H10ClNO3S. The summed E-state index contributed by atoms with van der Waals surface area (Å²) in [7, 11) is 0. The Labute approximate surface area is 130 Å². The van der Waals surface area contributed by atoms with Gasteiger partial charge in [0.15, 0.2) is 17.3 Å². The molecule has 0 radical (unpaired) electrons. The summed E-state index contributed by atoms with van der Waals surface area (Å²) < 4.78 is 10.5. The summed E-state index contributed by atoms with van der Waals surface area (Å²) in [5.74, 6) is -0.0311. The Kier molecular flexibility index (Phi) is 3.58. The van der Waals surface area contributed by atoms with Crippen LogP contribution >= 0.6 is 22.9 Å². The van der Waals surface area contributed by atoms with E-state index < -0.39 is 5.92 Å². The number of ketones is 1. The highest BCUT2D eigenvalue weighted by Crippen LogP contribution is 2.37. The third kappa shape index (κ3) is 2.37. The van der Waals surface area contributed by atoms with E-state index in [1.165, 1.54) is 11.3 Å². The van der Waals surface area contributed by atoms with Crippen LogP contribution in [0, 0.1) is 18.3 Å². The van der Waals surface area contributed by atoms with Crippen LogP contribution in [0.15, 0.2) is 23.6 Å². The Hall–Kier alpha value is -2.03. The van der Waals surface area contributed by atoms with Crippen LogP contribution < -0.4 is 9.47 Å². The smallest absolute Gasteiger partial charge is 0.231 e. The van der Waals surface area contributed by atoms with Gasteiger partial charge < -0.3 is 9.47 Å². The summed E-state index contributed by atoms with van der Waals surface area (Å²) in [5.41, 5.74) is 1.42. The van der Waals surface area contributed by atoms with Gasteiger partial charge in [0, 0.05) is 0 Å². The Morgan fingerprint density at radius 2 is 2.19 bits per heavy atom. The van der Waals surface area contributed by atoms with E-state index in [-0.39, 0.29) is 12.6 Å². The van der Waals surface area contributed by atoms with Gasteiger partial charge in [-0.15, -0.1) is 11.3 Å². The van der Waals surface area contributed by atoms with Crippen LogP contribution in [0.4, 0.5) is 0 Å². The van der Waals surface area contributed by atoms with Crippen LogP contribution in [-0.4, -0.2) is 12.6 Å².